The number of rotatable bonds is 5. The van der Waals surface area contributed by atoms with E-state index in [2.05, 4.69) is 49.4 Å². The van der Waals surface area contributed by atoms with Gasteiger partial charge in [0.25, 0.3) is 0 Å². The highest BCUT2D eigenvalue weighted by molar-refractivity contribution is 5.83. The molecular formula is C25H23N7O. The maximum absolute atomic E-state index is 5.31. The average Bonchev–Trinajstić information content (AvgIpc) is 3.21. The monoisotopic (exact) mass is 437 g/mol. The fourth-order valence-corrected chi connectivity index (χ4v) is 3.65. The number of aryl methyl sites for hydroxylation is 3. The summed E-state index contributed by atoms with van der Waals surface area (Å²) in [5.74, 6) is 1.63. The Kier molecular flexibility index (Phi) is 5.18. The van der Waals surface area contributed by atoms with Crippen LogP contribution in [0, 0.1) is 20.8 Å². The standard InChI is InChI=1S/C25H23N7O/c1-15-5-7-18(8-6-15)32-14-21(17(3)31-32)23-11-12-26-24(28-23)30-25-27-16(2)20-13-19(33-4)9-10-22(20)29-25/h5-14H,1-4H3,(H,26,27,28,29,30). The normalized spacial score (nSPS) is 11.0. The van der Waals surface area contributed by atoms with Gasteiger partial charge >= 0.3 is 0 Å². The summed E-state index contributed by atoms with van der Waals surface area (Å²) in [6, 6.07) is 15.8. The lowest BCUT2D eigenvalue weighted by molar-refractivity contribution is 0.415. The van der Waals surface area contributed by atoms with E-state index in [9.17, 15) is 0 Å². The summed E-state index contributed by atoms with van der Waals surface area (Å²) in [7, 11) is 1.64. The summed E-state index contributed by atoms with van der Waals surface area (Å²) in [4.78, 5) is 18.2. The number of benzene rings is 2. The Bertz CT molecular complexity index is 1460. The molecular weight excluding hydrogens is 414 g/mol. The topological polar surface area (TPSA) is 90.6 Å². The van der Waals surface area contributed by atoms with E-state index in [4.69, 9.17) is 4.74 Å². The Labute approximate surface area is 191 Å². The van der Waals surface area contributed by atoms with Gasteiger partial charge in [-0.25, -0.2) is 24.6 Å². The molecule has 0 saturated heterocycles. The highest BCUT2D eigenvalue weighted by atomic mass is 16.5. The van der Waals surface area contributed by atoms with Crippen LogP contribution in [0.1, 0.15) is 17.0 Å². The van der Waals surface area contributed by atoms with Crippen LogP contribution in [0.2, 0.25) is 0 Å². The van der Waals surface area contributed by atoms with Crippen molar-refractivity contribution in [2.45, 2.75) is 20.8 Å². The van der Waals surface area contributed by atoms with Crippen LogP contribution in [0.3, 0.4) is 0 Å². The Morgan fingerprint density at radius 1 is 0.848 bits per heavy atom. The fraction of sp³-hybridized carbons (Fsp3) is 0.160. The number of methoxy groups -OCH3 is 1. The summed E-state index contributed by atoms with van der Waals surface area (Å²) in [6.45, 7) is 5.98. The largest absolute Gasteiger partial charge is 0.497 e. The molecule has 0 aliphatic carbocycles. The minimum absolute atomic E-state index is 0.419. The third-order valence-electron chi connectivity index (χ3n) is 5.45. The molecule has 3 heterocycles. The molecule has 2 aromatic carbocycles. The second-order valence-electron chi connectivity index (χ2n) is 7.81. The van der Waals surface area contributed by atoms with E-state index in [1.165, 1.54) is 5.56 Å². The lowest BCUT2D eigenvalue weighted by Crippen LogP contribution is -2.03. The number of fused-ring (bicyclic) bond motifs is 1. The SMILES string of the molecule is COc1ccc2nc(Nc3nccc(-c4cn(-c5ccc(C)cc5)nc4C)n3)nc(C)c2c1. The second-order valence-corrected chi connectivity index (χ2v) is 7.81. The predicted octanol–water partition coefficient (Wildman–Crippen LogP) is 4.95. The fourth-order valence-electron chi connectivity index (χ4n) is 3.65. The van der Waals surface area contributed by atoms with Crippen molar-refractivity contribution in [2.75, 3.05) is 12.4 Å². The van der Waals surface area contributed by atoms with Crippen LogP contribution < -0.4 is 10.1 Å². The molecule has 0 amide bonds. The van der Waals surface area contributed by atoms with Gasteiger partial charge in [0.2, 0.25) is 11.9 Å². The van der Waals surface area contributed by atoms with Crippen LogP contribution in [0.25, 0.3) is 27.8 Å². The minimum Gasteiger partial charge on any atom is -0.497 e. The molecule has 164 valence electrons. The Morgan fingerprint density at radius 2 is 1.67 bits per heavy atom. The van der Waals surface area contributed by atoms with Crippen molar-refractivity contribution in [3.8, 4) is 22.7 Å². The van der Waals surface area contributed by atoms with Crippen molar-refractivity contribution in [1.82, 2.24) is 29.7 Å². The van der Waals surface area contributed by atoms with E-state index in [-0.39, 0.29) is 0 Å². The van der Waals surface area contributed by atoms with Crippen molar-refractivity contribution in [3.05, 3.63) is 77.9 Å². The zero-order chi connectivity index (χ0) is 22.9. The van der Waals surface area contributed by atoms with E-state index < -0.39 is 0 Å². The number of aromatic nitrogens is 6. The number of hydrogen-bond donors (Lipinski definition) is 1. The number of nitrogens with one attached hydrogen (secondary N) is 1. The first-order chi connectivity index (χ1) is 16.0. The minimum atomic E-state index is 0.419. The van der Waals surface area contributed by atoms with Crippen molar-refractivity contribution in [3.63, 3.8) is 0 Å². The molecule has 5 rings (SSSR count). The zero-order valence-corrected chi connectivity index (χ0v) is 18.9. The second kappa shape index (κ2) is 8.31. The average molecular weight is 438 g/mol. The van der Waals surface area contributed by atoms with Crippen LogP contribution in [0.15, 0.2) is 60.9 Å². The summed E-state index contributed by atoms with van der Waals surface area (Å²) in [5.41, 5.74) is 6.45. The molecule has 0 spiro atoms. The lowest BCUT2D eigenvalue weighted by atomic mass is 10.2. The Morgan fingerprint density at radius 3 is 2.45 bits per heavy atom. The molecule has 0 saturated carbocycles. The summed E-state index contributed by atoms with van der Waals surface area (Å²) in [6.07, 6.45) is 3.70. The van der Waals surface area contributed by atoms with Gasteiger partial charge in [0.05, 0.1) is 35.4 Å². The quantitative estimate of drug-likeness (QED) is 0.416. The van der Waals surface area contributed by atoms with Crippen molar-refractivity contribution >= 4 is 22.8 Å². The lowest BCUT2D eigenvalue weighted by Gasteiger charge is -2.09. The van der Waals surface area contributed by atoms with Crippen LogP contribution in [0.5, 0.6) is 5.75 Å². The molecule has 1 N–H and O–H groups in total. The van der Waals surface area contributed by atoms with E-state index in [0.717, 1.165) is 45.0 Å². The van der Waals surface area contributed by atoms with Crippen molar-refractivity contribution in [2.24, 2.45) is 0 Å². The first-order valence-corrected chi connectivity index (χ1v) is 10.6. The van der Waals surface area contributed by atoms with E-state index >= 15 is 0 Å². The maximum atomic E-state index is 5.31. The third-order valence-corrected chi connectivity index (χ3v) is 5.45. The molecule has 33 heavy (non-hydrogen) atoms. The Hall–Kier alpha value is -4.33. The molecule has 8 nitrogen and oxygen atoms in total. The van der Waals surface area contributed by atoms with Gasteiger partial charge < -0.3 is 4.74 Å². The van der Waals surface area contributed by atoms with E-state index in [1.54, 1.807) is 13.3 Å². The van der Waals surface area contributed by atoms with E-state index in [1.807, 2.05) is 61.1 Å². The predicted molar refractivity (Wildman–Crippen MR) is 128 cm³/mol. The smallest absolute Gasteiger partial charge is 0.230 e. The molecule has 3 aromatic heterocycles. The number of ether oxygens (including phenoxy) is 1. The zero-order valence-electron chi connectivity index (χ0n) is 18.9. The van der Waals surface area contributed by atoms with Gasteiger partial charge in [0.15, 0.2) is 0 Å². The highest BCUT2D eigenvalue weighted by Gasteiger charge is 2.12. The van der Waals surface area contributed by atoms with Gasteiger partial charge in [-0.3, -0.25) is 5.32 Å². The van der Waals surface area contributed by atoms with Gasteiger partial charge in [-0.1, -0.05) is 17.7 Å². The summed E-state index contributed by atoms with van der Waals surface area (Å²) in [5, 5.41) is 8.74. The van der Waals surface area contributed by atoms with Crippen molar-refractivity contribution in [1.29, 1.82) is 0 Å². The molecule has 0 bridgehead atoms. The maximum Gasteiger partial charge on any atom is 0.230 e. The van der Waals surface area contributed by atoms with Gasteiger partial charge in [0, 0.05) is 23.3 Å². The summed E-state index contributed by atoms with van der Waals surface area (Å²) < 4.78 is 7.17. The van der Waals surface area contributed by atoms with Crippen LogP contribution in [0.4, 0.5) is 11.9 Å². The van der Waals surface area contributed by atoms with Crippen LogP contribution in [-0.2, 0) is 0 Å². The highest BCUT2D eigenvalue weighted by Crippen LogP contribution is 2.25. The molecule has 5 aromatic rings. The van der Waals surface area contributed by atoms with Crippen LogP contribution in [-0.4, -0.2) is 36.8 Å². The first-order valence-electron chi connectivity index (χ1n) is 10.6. The van der Waals surface area contributed by atoms with Gasteiger partial charge in [-0.2, -0.15) is 5.10 Å². The van der Waals surface area contributed by atoms with Crippen LogP contribution >= 0.6 is 0 Å². The molecule has 8 heteroatoms. The number of anilines is 2. The van der Waals surface area contributed by atoms with E-state index in [0.29, 0.717) is 11.9 Å². The molecule has 0 aliphatic heterocycles. The van der Waals surface area contributed by atoms with Gasteiger partial charge in [-0.05, 0) is 57.2 Å². The molecule has 0 fully saturated rings. The van der Waals surface area contributed by atoms with Crippen molar-refractivity contribution < 1.29 is 4.74 Å². The Balaban J connectivity index is 1.45. The molecule has 0 atom stereocenters. The third kappa shape index (κ3) is 4.10. The molecule has 0 radical (unpaired) electrons. The van der Waals surface area contributed by atoms with Gasteiger partial charge in [-0.15, -0.1) is 0 Å². The number of nitrogens with zero attached hydrogens (tertiary/aromatic N) is 6. The molecule has 0 unspecified atom stereocenters. The molecule has 0 aliphatic rings. The van der Waals surface area contributed by atoms with Gasteiger partial charge in [0.1, 0.15) is 5.75 Å². The summed E-state index contributed by atoms with van der Waals surface area (Å²) >= 11 is 0. The number of hydrogen-bond acceptors (Lipinski definition) is 7. The first kappa shape index (κ1) is 20.6.